The fraction of sp³-hybridized carbons (Fsp3) is 0.231. The Kier molecular flexibility index (Phi) is 6.05. The van der Waals surface area contributed by atoms with Crippen LogP contribution in [0.5, 0.6) is 0 Å². The van der Waals surface area contributed by atoms with Crippen LogP contribution < -0.4 is 10.6 Å². The summed E-state index contributed by atoms with van der Waals surface area (Å²) in [6.45, 7) is 3.80. The van der Waals surface area contributed by atoms with E-state index in [1.54, 1.807) is 24.3 Å². The van der Waals surface area contributed by atoms with Crippen molar-refractivity contribution in [1.82, 2.24) is 5.32 Å². The molecule has 0 aliphatic rings. The van der Waals surface area contributed by atoms with E-state index in [1.165, 1.54) is 6.08 Å². The van der Waals surface area contributed by atoms with Crippen molar-refractivity contribution in [2.24, 2.45) is 0 Å². The maximum absolute atomic E-state index is 11.7. The lowest BCUT2D eigenvalue weighted by molar-refractivity contribution is -0.140. The summed E-state index contributed by atoms with van der Waals surface area (Å²) in [6.07, 6.45) is 1.36. The van der Waals surface area contributed by atoms with Gasteiger partial charge in [-0.1, -0.05) is 23.7 Å². The number of carboxylic acid groups (broad SMARTS) is 1. The minimum absolute atomic E-state index is 0.171. The summed E-state index contributed by atoms with van der Waals surface area (Å²) in [4.78, 5) is 22.7. The number of rotatable bonds is 7. The number of carboxylic acids is 1. The van der Waals surface area contributed by atoms with Crippen molar-refractivity contribution >= 4 is 29.2 Å². The summed E-state index contributed by atoms with van der Waals surface area (Å²) in [5.41, 5.74) is 0.533. The molecule has 3 N–H and O–H groups in total. The van der Waals surface area contributed by atoms with E-state index in [9.17, 15) is 9.59 Å². The molecule has 0 heterocycles. The van der Waals surface area contributed by atoms with Crippen LogP contribution in [0, 0.1) is 0 Å². The number of aliphatic carboxylic acids is 1. The first-order valence-corrected chi connectivity index (χ1v) is 6.03. The Balaban J connectivity index is 2.57. The van der Waals surface area contributed by atoms with Gasteiger partial charge in [-0.2, -0.15) is 0 Å². The highest BCUT2D eigenvalue weighted by atomic mass is 35.5. The summed E-state index contributed by atoms with van der Waals surface area (Å²) in [6, 6.07) is 5.70. The molecule has 0 spiro atoms. The monoisotopic (exact) mass is 282 g/mol. The molecule has 102 valence electrons. The largest absolute Gasteiger partial charge is 0.480 e. The Bertz CT molecular complexity index is 477. The van der Waals surface area contributed by atoms with E-state index < -0.39 is 17.9 Å². The molecule has 6 heteroatoms. The van der Waals surface area contributed by atoms with Crippen LogP contribution >= 0.6 is 11.6 Å². The fourth-order valence-electron chi connectivity index (χ4n) is 1.44. The average molecular weight is 283 g/mol. The van der Waals surface area contributed by atoms with E-state index in [0.717, 1.165) is 0 Å². The van der Waals surface area contributed by atoms with Crippen LogP contribution in [0.25, 0.3) is 0 Å². The second kappa shape index (κ2) is 7.56. The standard InChI is InChI=1S/C13H15ClN2O3/c1-2-6-15-11(13(18)19)8-12(17)16-10-5-3-4-9(14)7-10/h2-5,7,11,15H,1,6,8H2,(H,16,17)(H,18,19)/t11-/m0/s1. The van der Waals surface area contributed by atoms with Crippen LogP contribution in [0.4, 0.5) is 5.69 Å². The highest BCUT2D eigenvalue weighted by Gasteiger charge is 2.20. The highest BCUT2D eigenvalue weighted by molar-refractivity contribution is 6.30. The van der Waals surface area contributed by atoms with Crippen LogP contribution in [0.2, 0.25) is 5.02 Å². The second-order valence-corrected chi connectivity index (χ2v) is 4.29. The first-order valence-electron chi connectivity index (χ1n) is 5.65. The zero-order valence-corrected chi connectivity index (χ0v) is 11.0. The lowest BCUT2D eigenvalue weighted by Crippen LogP contribution is -2.39. The van der Waals surface area contributed by atoms with Crippen LogP contribution in [0.3, 0.4) is 0 Å². The number of nitrogens with one attached hydrogen (secondary N) is 2. The molecule has 19 heavy (non-hydrogen) atoms. The van der Waals surface area contributed by atoms with Crippen molar-refractivity contribution in [2.45, 2.75) is 12.5 Å². The van der Waals surface area contributed by atoms with Gasteiger partial charge in [-0.25, -0.2) is 0 Å². The van der Waals surface area contributed by atoms with Gasteiger partial charge < -0.3 is 15.7 Å². The predicted molar refractivity (Wildman–Crippen MR) is 74.3 cm³/mol. The van der Waals surface area contributed by atoms with Crippen molar-refractivity contribution < 1.29 is 14.7 Å². The lowest BCUT2D eigenvalue weighted by Gasteiger charge is -2.13. The number of amides is 1. The van der Waals surface area contributed by atoms with E-state index in [0.29, 0.717) is 17.3 Å². The van der Waals surface area contributed by atoms with Gasteiger partial charge in [0.1, 0.15) is 6.04 Å². The average Bonchev–Trinajstić information content (AvgIpc) is 2.34. The quantitative estimate of drug-likeness (QED) is 0.668. The Morgan fingerprint density at radius 3 is 2.79 bits per heavy atom. The third-order valence-corrected chi connectivity index (χ3v) is 2.54. The molecule has 0 aliphatic heterocycles. The molecule has 1 aromatic rings. The zero-order chi connectivity index (χ0) is 14.3. The molecule has 0 fully saturated rings. The number of anilines is 1. The van der Waals surface area contributed by atoms with E-state index in [4.69, 9.17) is 16.7 Å². The summed E-state index contributed by atoms with van der Waals surface area (Å²) in [5.74, 6) is -1.48. The smallest absolute Gasteiger partial charge is 0.321 e. The van der Waals surface area contributed by atoms with E-state index in [1.807, 2.05) is 0 Å². The number of hydrogen-bond donors (Lipinski definition) is 3. The van der Waals surface area contributed by atoms with Crippen molar-refractivity contribution in [2.75, 3.05) is 11.9 Å². The van der Waals surface area contributed by atoms with Crippen LogP contribution in [-0.2, 0) is 9.59 Å². The van der Waals surface area contributed by atoms with E-state index >= 15 is 0 Å². The molecular weight excluding hydrogens is 268 g/mol. The Morgan fingerprint density at radius 1 is 1.47 bits per heavy atom. The normalized spacial score (nSPS) is 11.6. The van der Waals surface area contributed by atoms with Gasteiger partial charge in [-0.3, -0.25) is 9.59 Å². The number of hydrogen-bond acceptors (Lipinski definition) is 3. The first kappa shape index (κ1) is 15.2. The third kappa shape index (κ3) is 5.54. The fourth-order valence-corrected chi connectivity index (χ4v) is 1.63. The Morgan fingerprint density at radius 2 is 2.21 bits per heavy atom. The number of carbonyl (C=O) groups excluding carboxylic acids is 1. The molecule has 0 aromatic heterocycles. The number of benzene rings is 1. The van der Waals surface area contributed by atoms with Gasteiger partial charge in [-0.15, -0.1) is 6.58 Å². The third-order valence-electron chi connectivity index (χ3n) is 2.30. The van der Waals surface area contributed by atoms with Gasteiger partial charge in [-0.05, 0) is 18.2 Å². The topological polar surface area (TPSA) is 78.4 Å². The SMILES string of the molecule is C=CCN[C@@H](CC(=O)Nc1cccc(Cl)c1)C(=O)O. The number of carbonyl (C=O) groups is 2. The molecule has 1 amide bonds. The van der Waals surface area contributed by atoms with Gasteiger partial charge >= 0.3 is 5.97 Å². The summed E-state index contributed by atoms with van der Waals surface area (Å²) in [7, 11) is 0. The van der Waals surface area contributed by atoms with Crippen molar-refractivity contribution in [1.29, 1.82) is 0 Å². The van der Waals surface area contributed by atoms with Crippen LogP contribution in [-0.4, -0.2) is 29.6 Å². The van der Waals surface area contributed by atoms with Crippen LogP contribution in [0.1, 0.15) is 6.42 Å². The lowest BCUT2D eigenvalue weighted by atomic mass is 10.2. The minimum Gasteiger partial charge on any atom is -0.480 e. The highest BCUT2D eigenvalue weighted by Crippen LogP contribution is 2.15. The molecule has 0 saturated heterocycles. The summed E-state index contributed by atoms with van der Waals surface area (Å²) >= 11 is 5.78. The van der Waals surface area contributed by atoms with Crippen molar-refractivity contribution in [3.8, 4) is 0 Å². The Labute approximate surface area is 116 Å². The molecular formula is C13H15ClN2O3. The Hall–Kier alpha value is -1.85. The van der Waals surface area contributed by atoms with Gasteiger partial charge in [0.25, 0.3) is 0 Å². The van der Waals surface area contributed by atoms with E-state index in [-0.39, 0.29) is 6.42 Å². The maximum Gasteiger partial charge on any atom is 0.321 e. The summed E-state index contributed by atoms with van der Waals surface area (Å²) in [5, 5.41) is 14.7. The molecule has 1 atom stereocenters. The maximum atomic E-state index is 11.7. The van der Waals surface area contributed by atoms with Crippen LogP contribution in [0.15, 0.2) is 36.9 Å². The molecule has 1 aromatic carbocycles. The minimum atomic E-state index is -1.08. The van der Waals surface area contributed by atoms with Crippen molar-refractivity contribution in [3.63, 3.8) is 0 Å². The molecule has 0 bridgehead atoms. The van der Waals surface area contributed by atoms with Gasteiger partial charge in [0.15, 0.2) is 0 Å². The van der Waals surface area contributed by atoms with E-state index in [2.05, 4.69) is 17.2 Å². The van der Waals surface area contributed by atoms with Gasteiger partial charge in [0.05, 0.1) is 6.42 Å². The van der Waals surface area contributed by atoms with Gasteiger partial charge in [0, 0.05) is 17.3 Å². The molecule has 0 radical (unpaired) electrons. The first-order chi connectivity index (χ1) is 9.02. The molecule has 0 unspecified atom stereocenters. The molecule has 0 saturated carbocycles. The molecule has 1 rings (SSSR count). The van der Waals surface area contributed by atoms with Crippen molar-refractivity contribution in [3.05, 3.63) is 41.9 Å². The predicted octanol–water partition coefficient (Wildman–Crippen LogP) is 1.90. The number of halogens is 1. The van der Waals surface area contributed by atoms with Gasteiger partial charge in [0.2, 0.25) is 5.91 Å². The second-order valence-electron chi connectivity index (χ2n) is 3.85. The molecule has 0 aliphatic carbocycles. The summed E-state index contributed by atoms with van der Waals surface area (Å²) < 4.78 is 0. The molecule has 5 nitrogen and oxygen atoms in total. The zero-order valence-electron chi connectivity index (χ0n) is 10.2.